The highest BCUT2D eigenvalue weighted by atomic mass is 19.1. The van der Waals surface area contributed by atoms with Crippen LogP contribution in [0.2, 0.25) is 0 Å². The van der Waals surface area contributed by atoms with E-state index in [0.717, 1.165) is 0 Å². The summed E-state index contributed by atoms with van der Waals surface area (Å²) >= 11 is 0. The number of carbonyl (C=O) groups excluding carboxylic acids is 2. The molecule has 0 radical (unpaired) electrons. The van der Waals surface area contributed by atoms with Crippen molar-refractivity contribution < 1.29 is 18.9 Å². The molecular weight excluding hydrogens is 415 g/mol. The van der Waals surface area contributed by atoms with E-state index in [9.17, 15) is 24.1 Å². The first-order valence-electron chi connectivity index (χ1n) is 9.74. The Bertz CT molecular complexity index is 1150. The molecule has 8 nitrogen and oxygen atoms in total. The first-order valence-corrected chi connectivity index (χ1v) is 9.74. The third-order valence-corrected chi connectivity index (χ3v) is 4.70. The summed E-state index contributed by atoms with van der Waals surface area (Å²) in [4.78, 5) is 34.8. The summed E-state index contributed by atoms with van der Waals surface area (Å²) in [5.41, 5.74) is 2.36. The van der Waals surface area contributed by atoms with Crippen LogP contribution >= 0.6 is 0 Å². The molecule has 0 aromatic heterocycles. The minimum Gasteiger partial charge on any atom is -0.376 e. The maximum atomic E-state index is 13.6. The van der Waals surface area contributed by atoms with Crippen molar-refractivity contribution in [1.29, 1.82) is 0 Å². The average Bonchev–Trinajstić information content (AvgIpc) is 2.78. The molecule has 0 aliphatic rings. The van der Waals surface area contributed by atoms with Gasteiger partial charge in [-0.25, -0.2) is 4.39 Å². The zero-order valence-electron chi connectivity index (χ0n) is 17.2. The number of carbonyl (C=O) groups is 2. The van der Waals surface area contributed by atoms with Crippen LogP contribution < -0.4 is 16.0 Å². The van der Waals surface area contributed by atoms with Gasteiger partial charge in [-0.1, -0.05) is 24.3 Å². The molecule has 0 saturated heterocycles. The van der Waals surface area contributed by atoms with Gasteiger partial charge in [-0.3, -0.25) is 19.7 Å². The van der Waals surface area contributed by atoms with E-state index < -0.39 is 4.92 Å². The van der Waals surface area contributed by atoms with Crippen molar-refractivity contribution in [2.45, 2.75) is 13.5 Å². The number of nitrogens with one attached hydrogen (secondary N) is 3. The number of hydrogen-bond donors (Lipinski definition) is 3. The van der Waals surface area contributed by atoms with E-state index >= 15 is 0 Å². The van der Waals surface area contributed by atoms with Crippen LogP contribution in [-0.2, 0) is 11.3 Å². The molecule has 0 aliphatic heterocycles. The Morgan fingerprint density at radius 2 is 1.75 bits per heavy atom. The van der Waals surface area contributed by atoms with Crippen LogP contribution in [0.4, 0.5) is 21.5 Å². The predicted molar refractivity (Wildman–Crippen MR) is 119 cm³/mol. The topological polar surface area (TPSA) is 113 Å². The second kappa shape index (κ2) is 10.2. The van der Waals surface area contributed by atoms with Gasteiger partial charge in [0.25, 0.3) is 11.6 Å². The van der Waals surface area contributed by atoms with Crippen LogP contribution in [0, 0.1) is 22.9 Å². The monoisotopic (exact) mass is 436 g/mol. The van der Waals surface area contributed by atoms with E-state index in [1.54, 1.807) is 55.5 Å². The van der Waals surface area contributed by atoms with Gasteiger partial charge in [0.1, 0.15) is 5.82 Å². The minimum absolute atomic E-state index is 0.0685. The van der Waals surface area contributed by atoms with Crippen molar-refractivity contribution in [3.8, 4) is 0 Å². The Morgan fingerprint density at radius 3 is 2.44 bits per heavy atom. The van der Waals surface area contributed by atoms with Crippen molar-refractivity contribution in [2.24, 2.45) is 0 Å². The zero-order valence-corrected chi connectivity index (χ0v) is 17.2. The van der Waals surface area contributed by atoms with Crippen LogP contribution in [0.5, 0.6) is 0 Å². The highest BCUT2D eigenvalue weighted by Gasteiger charge is 2.11. The van der Waals surface area contributed by atoms with Gasteiger partial charge in [-0.05, 0) is 42.8 Å². The molecule has 164 valence electrons. The molecule has 0 fully saturated rings. The van der Waals surface area contributed by atoms with E-state index in [4.69, 9.17) is 0 Å². The lowest BCUT2D eigenvalue weighted by atomic mass is 10.1. The maximum Gasteiger partial charge on any atom is 0.271 e. The molecule has 9 heteroatoms. The van der Waals surface area contributed by atoms with Gasteiger partial charge in [-0.2, -0.15) is 0 Å². The number of benzene rings is 3. The first-order chi connectivity index (χ1) is 15.3. The maximum absolute atomic E-state index is 13.6. The van der Waals surface area contributed by atoms with E-state index in [0.29, 0.717) is 28.1 Å². The highest BCUT2D eigenvalue weighted by molar-refractivity contribution is 5.96. The molecule has 3 N–H and O–H groups in total. The van der Waals surface area contributed by atoms with Gasteiger partial charge in [0, 0.05) is 35.5 Å². The Hall–Kier alpha value is -4.27. The fraction of sp³-hybridized carbons (Fsp3) is 0.130. The van der Waals surface area contributed by atoms with Crippen LogP contribution in [0.3, 0.4) is 0 Å². The summed E-state index contributed by atoms with van der Waals surface area (Å²) in [7, 11) is 0. The second-order valence-electron chi connectivity index (χ2n) is 7.01. The normalized spacial score (nSPS) is 10.3. The van der Waals surface area contributed by atoms with E-state index in [1.165, 1.54) is 18.2 Å². The molecule has 0 aliphatic carbocycles. The predicted octanol–water partition coefficient (Wildman–Crippen LogP) is 4.02. The third-order valence-electron chi connectivity index (χ3n) is 4.70. The Morgan fingerprint density at radius 1 is 1.03 bits per heavy atom. The molecule has 0 unspecified atom stereocenters. The first kappa shape index (κ1) is 22.4. The number of nitro groups is 1. The number of nitro benzene ring substituents is 1. The minimum atomic E-state index is -0.526. The number of amides is 2. The molecule has 3 aromatic rings. The molecule has 32 heavy (non-hydrogen) atoms. The van der Waals surface area contributed by atoms with Crippen LogP contribution in [0.15, 0.2) is 66.7 Å². The molecule has 3 rings (SSSR count). The van der Waals surface area contributed by atoms with Crippen molar-refractivity contribution >= 4 is 28.9 Å². The number of halogens is 1. The Labute approximate surface area is 183 Å². The van der Waals surface area contributed by atoms with E-state index in [1.807, 2.05) is 0 Å². The summed E-state index contributed by atoms with van der Waals surface area (Å²) < 4.78 is 13.6. The smallest absolute Gasteiger partial charge is 0.271 e. The van der Waals surface area contributed by atoms with Crippen molar-refractivity contribution in [2.75, 3.05) is 17.2 Å². The number of rotatable bonds is 8. The molecule has 0 spiro atoms. The lowest BCUT2D eigenvalue weighted by Gasteiger charge is -2.10. The van der Waals surface area contributed by atoms with Gasteiger partial charge in [0.05, 0.1) is 17.2 Å². The number of hydrogen-bond acceptors (Lipinski definition) is 5. The molecular formula is C23H21FN4O4. The number of non-ortho nitro benzene ring substituents is 1. The number of aryl methyl sites for hydroxylation is 1. The van der Waals surface area contributed by atoms with Crippen LogP contribution in [0.25, 0.3) is 0 Å². The van der Waals surface area contributed by atoms with Gasteiger partial charge in [0.2, 0.25) is 5.91 Å². The summed E-state index contributed by atoms with van der Waals surface area (Å²) in [6.45, 7) is 1.74. The molecule has 0 saturated carbocycles. The van der Waals surface area contributed by atoms with E-state index in [2.05, 4.69) is 16.0 Å². The van der Waals surface area contributed by atoms with Crippen molar-refractivity contribution in [1.82, 2.24) is 5.32 Å². The van der Waals surface area contributed by atoms with Crippen molar-refractivity contribution in [3.63, 3.8) is 0 Å². The molecule has 0 bridgehead atoms. The Balaban J connectivity index is 1.52. The largest absolute Gasteiger partial charge is 0.376 e. The van der Waals surface area contributed by atoms with Gasteiger partial charge < -0.3 is 16.0 Å². The molecule has 2 amide bonds. The summed E-state index contributed by atoms with van der Waals surface area (Å²) in [5, 5.41) is 19.1. The second-order valence-corrected chi connectivity index (χ2v) is 7.01. The highest BCUT2D eigenvalue weighted by Crippen LogP contribution is 2.21. The quantitative estimate of drug-likeness (QED) is 0.365. The van der Waals surface area contributed by atoms with E-state index in [-0.39, 0.29) is 36.4 Å². The summed E-state index contributed by atoms with van der Waals surface area (Å²) in [6, 6.07) is 16.9. The van der Waals surface area contributed by atoms with Crippen LogP contribution in [0.1, 0.15) is 21.5 Å². The summed E-state index contributed by atoms with van der Waals surface area (Å²) in [5.74, 6) is -1.11. The fourth-order valence-corrected chi connectivity index (χ4v) is 2.89. The fourth-order valence-electron chi connectivity index (χ4n) is 2.89. The SMILES string of the molecule is Cc1ccc([N+](=O)[O-])cc1NC(=O)CNc1ccc(C(=O)NCc2ccccc2F)cc1. The number of anilines is 2. The zero-order chi connectivity index (χ0) is 23.1. The summed E-state index contributed by atoms with van der Waals surface area (Å²) in [6.07, 6.45) is 0. The molecule has 3 aromatic carbocycles. The van der Waals surface area contributed by atoms with Gasteiger partial charge in [0.15, 0.2) is 0 Å². The van der Waals surface area contributed by atoms with Crippen LogP contribution in [-0.4, -0.2) is 23.3 Å². The molecule has 0 atom stereocenters. The Kier molecular flexibility index (Phi) is 7.12. The standard InChI is InChI=1S/C23H21FN4O4/c1-15-6-11-19(28(31)32)12-21(15)27-22(29)14-25-18-9-7-16(8-10-18)23(30)26-13-17-4-2-3-5-20(17)24/h2-12,25H,13-14H2,1H3,(H,26,30)(H,27,29). The average molecular weight is 436 g/mol. The van der Waals surface area contributed by atoms with Gasteiger partial charge >= 0.3 is 0 Å². The lowest BCUT2D eigenvalue weighted by molar-refractivity contribution is -0.384. The number of nitrogens with zero attached hydrogens (tertiary/aromatic N) is 1. The third kappa shape index (κ3) is 5.88. The van der Waals surface area contributed by atoms with Crippen molar-refractivity contribution in [3.05, 3.63) is 99.4 Å². The molecule has 0 heterocycles. The van der Waals surface area contributed by atoms with Gasteiger partial charge in [-0.15, -0.1) is 0 Å². The lowest BCUT2D eigenvalue weighted by Crippen LogP contribution is -2.23.